The first-order valence-electron chi connectivity index (χ1n) is 9.82. The van der Waals surface area contributed by atoms with Crippen molar-refractivity contribution in [2.45, 2.75) is 6.92 Å². The number of benzene rings is 3. The van der Waals surface area contributed by atoms with E-state index >= 15 is 0 Å². The molecule has 1 amide bonds. The number of fused-ring (bicyclic) bond motifs is 3. The molecule has 0 unspecified atom stereocenters. The van der Waals surface area contributed by atoms with E-state index < -0.39 is 5.91 Å². The van der Waals surface area contributed by atoms with E-state index in [4.69, 9.17) is 23.9 Å². The van der Waals surface area contributed by atoms with E-state index in [2.05, 4.69) is 27.3 Å². The Morgan fingerprint density at radius 3 is 2.66 bits per heavy atom. The Morgan fingerprint density at radius 2 is 1.91 bits per heavy atom. The van der Waals surface area contributed by atoms with Crippen LogP contribution >= 0.6 is 15.9 Å². The molecule has 4 aromatic rings. The monoisotopic (exact) mass is 494 g/mol. The summed E-state index contributed by atoms with van der Waals surface area (Å²) in [6.07, 6.45) is 0. The van der Waals surface area contributed by atoms with Crippen LogP contribution in [0.25, 0.3) is 21.9 Å². The van der Waals surface area contributed by atoms with Crippen LogP contribution in [0.2, 0.25) is 0 Å². The summed E-state index contributed by atoms with van der Waals surface area (Å²) in [5, 5.41) is 13.8. The number of para-hydroxylation sites is 1. The Bertz CT molecular complexity index is 1360. The molecule has 0 fully saturated rings. The zero-order valence-electron chi connectivity index (χ0n) is 17.4. The minimum absolute atomic E-state index is 0.272. The van der Waals surface area contributed by atoms with Crippen molar-refractivity contribution in [1.29, 1.82) is 5.26 Å². The molecule has 162 valence electrons. The first-order chi connectivity index (χ1) is 15.5. The number of carbonyl (C=O) groups excluding carboxylic acids is 1. The highest BCUT2D eigenvalue weighted by Crippen LogP contribution is 2.38. The second-order valence-electron chi connectivity index (χ2n) is 6.81. The van der Waals surface area contributed by atoms with Crippen molar-refractivity contribution < 1.29 is 23.4 Å². The summed E-state index contributed by atoms with van der Waals surface area (Å²) < 4.78 is 23.2. The van der Waals surface area contributed by atoms with E-state index in [9.17, 15) is 4.79 Å². The number of hydrogen-bond donors (Lipinski definition) is 1. The zero-order chi connectivity index (χ0) is 22.7. The molecule has 8 heteroatoms. The molecule has 0 spiro atoms. The van der Waals surface area contributed by atoms with Gasteiger partial charge in [-0.1, -0.05) is 18.2 Å². The van der Waals surface area contributed by atoms with Gasteiger partial charge in [-0.25, -0.2) is 0 Å². The summed E-state index contributed by atoms with van der Waals surface area (Å²) in [5.41, 5.74) is 2.28. The standard InChI is InChI=1S/C24H19BrN2O5/c1-3-30-22-9-14(12-26)8-17(25)24(22)31-13-23(28)27-18-11-20-16(10-21(18)29-2)15-6-4-5-7-19(15)32-20/h4-11H,3,13H2,1-2H3,(H,27,28). The second kappa shape index (κ2) is 9.20. The minimum Gasteiger partial charge on any atom is -0.495 e. The number of anilines is 1. The molecule has 4 rings (SSSR count). The highest BCUT2D eigenvalue weighted by atomic mass is 79.9. The van der Waals surface area contributed by atoms with Crippen molar-refractivity contribution in [3.63, 3.8) is 0 Å². The molecule has 0 saturated heterocycles. The predicted octanol–water partition coefficient (Wildman–Crippen LogP) is 5.64. The lowest BCUT2D eigenvalue weighted by Gasteiger charge is -2.15. The van der Waals surface area contributed by atoms with Crippen LogP contribution in [0.1, 0.15) is 12.5 Å². The van der Waals surface area contributed by atoms with Crippen molar-refractivity contribution in [1.82, 2.24) is 0 Å². The fourth-order valence-corrected chi connectivity index (χ4v) is 3.93. The zero-order valence-corrected chi connectivity index (χ0v) is 19.0. The minimum atomic E-state index is -0.391. The lowest BCUT2D eigenvalue weighted by Crippen LogP contribution is -2.21. The smallest absolute Gasteiger partial charge is 0.262 e. The summed E-state index contributed by atoms with van der Waals surface area (Å²) in [6.45, 7) is 1.94. The SMILES string of the molecule is CCOc1cc(C#N)cc(Br)c1OCC(=O)Nc1cc2oc3ccccc3c2cc1OC. The van der Waals surface area contributed by atoms with Gasteiger partial charge in [-0.05, 0) is 41.1 Å². The predicted molar refractivity (Wildman–Crippen MR) is 124 cm³/mol. The summed E-state index contributed by atoms with van der Waals surface area (Å²) in [7, 11) is 1.54. The normalized spacial score (nSPS) is 10.7. The van der Waals surface area contributed by atoms with Gasteiger partial charge in [-0.15, -0.1) is 0 Å². The highest BCUT2D eigenvalue weighted by Gasteiger charge is 2.17. The summed E-state index contributed by atoms with van der Waals surface area (Å²) in [5.74, 6) is 0.845. The number of nitrogens with zero attached hydrogens (tertiary/aromatic N) is 1. The van der Waals surface area contributed by atoms with E-state index in [1.165, 1.54) is 7.11 Å². The molecule has 1 aromatic heterocycles. The summed E-state index contributed by atoms with van der Waals surface area (Å²) in [4.78, 5) is 12.6. The van der Waals surface area contributed by atoms with E-state index in [1.807, 2.05) is 37.3 Å². The third-order valence-electron chi connectivity index (χ3n) is 4.76. The van der Waals surface area contributed by atoms with Crippen molar-refractivity contribution in [3.05, 3.63) is 58.6 Å². The molecule has 0 aliphatic carbocycles. The average Bonchev–Trinajstić information content (AvgIpc) is 3.15. The highest BCUT2D eigenvalue weighted by molar-refractivity contribution is 9.10. The number of halogens is 1. The van der Waals surface area contributed by atoms with Crippen LogP contribution in [-0.2, 0) is 4.79 Å². The van der Waals surface area contributed by atoms with Crippen molar-refractivity contribution >= 4 is 49.5 Å². The third kappa shape index (κ3) is 4.20. The third-order valence-corrected chi connectivity index (χ3v) is 5.35. The van der Waals surface area contributed by atoms with Crippen molar-refractivity contribution in [2.75, 3.05) is 25.6 Å². The molecular weight excluding hydrogens is 476 g/mol. The first-order valence-corrected chi connectivity index (χ1v) is 10.6. The molecule has 0 bridgehead atoms. The molecule has 1 N–H and O–H groups in total. The van der Waals surface area contributed by atoms with E-state index in [1.54, 1.807) is 18.2 Å². The van der Waals surface area contributed by atoms with Crippen molar-refractivity contribution in [2.24, 2.45) is 0 Å². The molecule has 0 saturated carbocycles. The molecule has 0 atom stereocenters. The number of nitriles is 1. The van der Waals surface area contributed by atoms with Crippen LogP contribution in [0, 0.1) is 11.3 Å². The van der Waals surface area contributed by atoms with Gasteiger partial charge in [0.25, 0.3) is 5.91 Å². The quantitative estimate of drug-likeness (QED) is 0.357. The number of nitrogens with one attached hydrogen (secondary N) is 1. The van der Waals surface area contributed by atoms with Gasteiger partial charge in [0, 0.05) is 22.9 Å². The molecule has 3 aromatic carbocycles. The van der Waals surface area contributed by atoms with Crippen LogP contribution in [0.15, 0.2) is 57.4 Å². The Kier molecular flexibility index (Phi) is 6.19. The van der Waals surface area contributed by atoms with Gasteiger partial charge in [0.2, 0.25) is 0 Å². The average molecular weight is 495 g/mol. The Labute approximate surface area is 192 Å². The van der Waals surface area contributed by atoms with Crippen molar-refractivity contribution in [3.8, 4) is 23.3 Å². The molecule has 32 heavy (non-hydrogen) atoms. The number of carbonyl (C=O) groups is 1. The number of hydrogen-bond acceptors (Lipinski definition) is 6. The molecular formula is C24H19BrN2O5. The number of ether oxygens (including phenoxy) is 3. The number of amides is 1. The summed E-state index contributed by atoms with van der Waals surface area (Å²) >= 11 is 3.37. The topological polar surface area (TPSA) is 93.7 Å². The van der Waals surface area contributed by atoms with Gasteiger partial charge in [0.1, 0.15) is 16.9 Å². The molecule has 0 aliphatic rings. The summed E-state index contributed by atoms with van der Waals surface area (Å²) in [6, 6.07) is 16.5. The number of furan rings is 1. The van der Waals surface area contributed by atoms with Crippen LogP contribution in [0.5, 0.6) is 17.2 Å². The maximum Gasteiger partial charge on any atom is 0.262 e. The Morgan fingerprint density at radius 1 is 1.09 bits per heavy atom. The van der Waals surface area contributed by atoms with Gasteiger partial charge in [0.15, 0.2) is 18.1 Å². The molecule has 0 aliphatic heterocycles. The fraction of sp³-hybridized carbons (Fsp3) is 0.167. The Hall–Kier alpha value is -3.70. The van der Waals surface area contributed by atoms with Crippen LogP contribution in [-0.4, -0.2) is 26.2 Å². The first kappa shape index (κ1) is 21.5. The Balaban J connectivity index is 1.56. The largest absolute Gasteiger partial charge is 0.495 e. The molecule has 7 nitrogen and oxygen atoms in total. The molecule has 1 heterocycles. The van der Waals surface area contributed by atoms with Gasteiger partial charge >= 0.3 is 0 Å². The number of methoxy groups -OCH3 is 1. The maximum absolute atomic E-state index is 12.6. The molecule has 0 radical (unpaired) electrons. The van der Waals surface area contributed by atoms with Crippen LogP contribution in [0.3, 0.4) is 0 Å². The van der Waals surface area contributed by atoms with Gasteiger partial charge in [-0.3, -0.25) is 4.79 Å². The lowest BCUT2D eigenvalue weighted by molar-refractivity contribution is -0.118. The van der Waals surface area contributed by atoms with E-state index in [-0.39, 0.29) is 6.61 Å². The number of rotatable bonds is 7. The second-order valence-corrected chi connectivity index (χ2v) is 7.67. The maximum atomic E-state index is 12.6. The van der Waals surface area contributed by atoms with E-state index in [0.29, 0.717) is 45.2 Å². The van der Waals surface area contributed by atoms with Gasteiger partial charge in [0.05, 0.1) is 35.5 Å². The van der Waals surface area contributed by atoms with E-state index in [0.717, 1.165) is 16.4 Å². The fourth-order valence-electron chi connectivity index (χ4n) is 3.38. The lowest BCUT2D eigenvalue weighted by atomic mass is 10.1. The van der Waals surface area contributed by atoms with Gasteiger partial charge < -0.3 is 23.9 Å². The van der Waals surface area contributed by atoms with Crippen LogP contribution < -0.4 is 19.5 Å². The van der Waals surface area contributed by atoms with Crippen LogP contribution in [0.4, 0.5) is 5.69 Å². The van der Waals surface area contributed by atoms with Gasteiger partial charge in [-0.2, -0.15) is 5.26 Å².